The molecule has 0 aromatic heterocycles. The third-order valence-electron chi connectivity index (χ3n) is 4.44. The molecular weight excluding hydrogens is 343 g/mol. The summed E-state index contributed by atoms with van der Waals surface area (Å²) in [6.07, 6.45) is 0. The first-order valence-corrected chi connectivity index (χ1v) is 9.01. The molecule has 0 radical (unpaired) electrons. The number of hydrogen-bond donors (Lipinski definition) is 3. The van der Waals surface area contributed by atoms with E-state index >= 15 is 0 Å². The fourth-order valence-corrected chi connectivity index (χ4v) is 2.08. The lowest BCUT2D eigenvalue weighted by Gasteiger charge is -2.37. The summed E-state index contributed by atoms with van der Waals surface area (Å²) < 4.78 is 12.1. The van der Waals surface area contributed by atoms with E-state index in [4.69, 9.17) is 19.5 Å². The zero-order valence-electron chi connectivity index (χ0n) is 17.1. The van der Waals surface area contributed by atoms with Crippen LogP contribution in [-0.2, 0) is 0 Å². The van der Waals surface area contributed by atoms with Gasteiger partial charge >= 0.3 is 7.69 Å². The van der Waals surface area contributed by atoms with Crippen molar-refractivity contribution < 1.29 is 24.6 Å². The van der Waals surface area contributed by atoms with Crippen LogP contribution in [0.15, 0.2) is 48.5 Å². The second kappa shape index (κ2) is 9.79. The summed E-state index contributed by atoms with van der Waals surface area (Å²) >= 11 is 0. The molecule has 3 N–H and O–H groups in total. The van der Waals surface area contributed by atoms with E-state index in [-0.39, 0.29) is 0 Å². The van der Waals surface area contributed by atoms with Crippen LogP contribution in [-0.4, -0.2) is 34.0 Å². The lowest BCUT2D eigenvalue weighted by atomic mass is 9.89. The molecule has 0 atom stereocenters. The SMILES string of the molecule is CC(C)c1cccc(Oc2ccccc2OC(C)(C)C(C)(C)O)c1.OBO. The Kier molecular flexibility index (Phi) is 8.34. The normalized spacial score (nSPS) is 11.5. The van der Waals surface area contributed by atoms with E-state index < -0.39 is 18.9 Å². The van der Waals surface area contributed by atoms with Crippen LogP contribution in [0.4, 0.5) is 0 Å². The Morgan fingerprint density at radius 2 is 1.44 bits per heavy atom. The molecule has 2 aromatic rings. The molecule has 0 aliphatic heterocycles. The first-order valence-electron chi connectivity index (χ1n) is 9.01. The number of hydrogen-bond acceptors (Lipinski definition) is 5. The summed E-state index contributed by atoms with van der Waals surface area (Å²) in [5.41, 5.74) is -0.521. The van der Waals surface area contributed by atoms with Crippen LogP contribution in [0.3, 0.4) is 0 Å². The molecule has 2 rings (SSSR count). The molecule has 0 saturated carbocycles. The van der Waals surface area contributed by atoms with Gasteiger partial charge in [0.25, 0.3) is 0 Å². The van der Waals surface area contributed by atoms with Crippen LogP contribution in [0.1, 0.15) is 53.0 Å². The Morgan fingerprint density at radius 1 is 0.889 bits per heavy atom. The van der Waals surface area contributed by atoms with Crippen LogP contribution in [0.25, 0.3) is 0 Å². The Balaban J connectivity index is 0.00000114. The summed E-state index contributed by atoms with van der Waals surface area (Å²) in [6, 6.07) is 15.6. The molecule has 0 aliphatic rings. The van der Waals surface area contributed by atoms with Gasteiger partial charge in [0.15, 0.2) is 11.5 Å². The molecule has 0 heterocycles. The fourth-order valence-electron chi connectivity index (χ4n) is 2.08. The molecule has 5 nitrogen and oxygen atoms in total. The number of benzene rings is 2. The maximum absolute atomic E-state index is 10.3. The van der Waals surface area contributed by atoms with Crippen LogP contribution in [0, 0.1) is 0 Å². The molecule has 0 spiro atoms. The third kappa shape index (κ3) is 6.90. The van der Waals surface area contributed by atoms with Gasteiger partial charge in [-0.25, -0.2) is 0 Å². The molecule has 0 saturated heterocycles. The largest absolute Gasteiger partial charge is 0.481 e. The zero-order valence-corrected chi connectivity index (χ0v) is 17.1. The van der Waals surface area contributed by atoms with E-state index in [2.05, 4.69) is 19.9 Å². The predicted molar refractivity (Wildman–Crippen MR) is 110 cm³/mol. The Morgan fingerprint density at radius 3 is 1.96 bits per heavy atom. The Labute approximate surface area is 162 Å². The van der Waals surface area contributed by atoms with E-state index in [1.165, 1.54) is 5.56 Å². The van der Waals surface area contributed by atoms with Gasteiger partial charge in [0.2, 0.25) is 0 Å². The van der Waals surface area contributed by atoms with Crippen molar-refractivity contribution in [2.24, 2.45) is 0 Å². The highest BCUT2D eigenvalue weighted by atomic mass is 16.5. The summed E-state index contributed by atoms with van der Waals surface area (Å²) in [6.45, 7) is 11.5. The molecule has 0 bridgehead atoms. The second-order valence-electron chi connectivity index (χ2n) is 7.59. The van der Waals surface area contributed by atoms with Crippen molar-refractivity contribution in [2.75, 3.05) is 0 Å². The molecule has 27 heavy (non-hydrogen) atoms. The van der Waals surface area contributed by atoms with Gasteiger partial charge in [-0.15, -0.1) is 0 Å². The quantitative estimate of drug-likeness (QED) is 0.671. The second-order valence-corrected chi connectivity index (χ2v) is 7.59. The number of rotatable bonds is 6. The van der Waals surface area contributed by atoms with Crippen LogP contribution in [0.5, 0.6) is 17.2 Å². The van der Waals surface area contributed by atoms with Gasteiger partial charge in [-0.1, -0.05) is 38.1 Å². The molecule has 2 aromatic carbocycles. The van der Waals surface area contributed by atoms with E-state index in [9.17, 15) is 5.11 Å². The standard InChI is InChI=1S/C21H28O3.BH3O2/c1-15(2)16-10-9-11-17(14-16)23-18-12-7-8-13-19(18)24-21(5,6)20(3,4)22;2-1-3/h7-15,22H,1-6H3;1-3H. The lowest BCUT2D eigenvalue weighted by Crippen LogP contribution is -2.49. The molecule has 0 unspecified atom stereocenters. The fraction of sp³-hybridized carbons (Fsp3) is 0.429. The van der Waals surface area contributed by atoms with Crippen molar-refractivity contribution in [3.63, 3.8) is 0 Å². The first kappa shape index (κ1) is 23.0. The van der Waals surface area contributed by atoms with E-state index in [1.54, 1.807) is 13.8 Å². The summed E-state index contributed by atoms with van der Waals surface area (Å²) in [5, 5.41) is 24.6. The molecule has 0 amide bonds. The summed E-state index contributed by atoms with van der Waals surface area (Å²) in [4.78, 5) is 0. The maximum Gasteiger partial charge on any atom is 0.432 e. The van der Waals surface area contributed by atoms with Crippen molar-refractivity contribution in [2.45, 2.75) is 58.7 Å². The number of para-hydroxylation sites is 2. The van der Waals surface area contributed by atoms with Gasteiger partial charge in [-0.05, 0) is 63.4 Å². The van der Waals surface area contributed by atoms with E-state index in [1.807, 2.05) is 56.3 Å². The topological polar surface area (TPSA) is 79.2 Å². The van der Waals surface area contributed by atoms with Crippen LogP contribution < -0.4 is 9.47 Å². The van der Waals surface area contributed by atoms with Crippen molar-refractivity contribution in [3.8, 4) is 17.2 Å². The third-order valence-corrected chi connectivity index (χ3v) is 4.44. The summed E-state index contributed by atoms with van der Waals surface area (Å²) in [7, 11) is -0.750. The monoisotopic (exact) mass is 374 g/mol. The lowest BCUT2D eigenvalue weighted by molar-refractivity contribution is -0.0912. The molecular formula is C21H31BO5. The Bertz CT molecular complexity index is 708. The predicted octanol–water partition coefficient (Wildman–Crippen LogP) is 3.77. The van der Waals surface area contributed by atoms with Crippen LogP contribution >= 0.6 is 0 Å². The average molecular weight is 374 g/mol. The van der Waals surface area contributed by atoms with Crippen molar-refractivity contribution in [1.82, 2.24) is 0 Å². The van der Waals surface area contributed by atoms with Gasteiger partial charge < -0.3 is 24.6 Å². The minimum atomic E-state index is -0.988. The highest BCUT2D eigenvalue weighted by molar-refractivity contribution is 6.13. The van der Waals surface area contributed by atoms with E-state index in [0.717, 1.165) is 5.75 Å². The average Bonchev–Trinajstić information content (AvgIpc) is 2.56. The molecule has 0 aliphatic carbocycles. The zero-order chi connectivity index (χ0) is 20.7. The van der Waals surface area contributed by atoms with Crippen molar-refractivity contribution in [3.05, 3.63) is 54.1 Å². The minimum Gasteiger partial charge on any atom is -0.481 e. The summed E-state index contributed by atoms with van der Waals surface area (Å²) in [5.74, 6) is 2.46. The van der Waals surface area contributed by atoms with E-state index in [0.29, 0.717) is 17.4 Å². The smallest absolute Gasteiger partial charge is 0.432 e. The van der Waals surface area contributed by atoms with Gasteiger partial charge in [-0.3, -0.25) is 0 Å². The molecule has 148 valence electrons. The molecule has 6 heteroatoms. The van der Waals surface area contributed by atoms with Gasteiger partial charge in [0.05, 0.1) is 5.60 Å². The highest BCUT2D eigenvalue weighted by Gasteiger charge is 2.38. The molecule has 0 fully saturated rings. The van der Waals surface area contributed by atoms with Crippen molar-refractivity contribution >= 4 is 7.69 Å². The van der Waals surface area contributed by atoms with Gasteiger partial charge in [0, 0.05) is 0 Å². The maximum atomic E-state index is 10.3. The first-order chi connectivity index (χ1) is 12.5. The number of ether oxygens (including phenoxy) is 2. The highest BCUT2D eigenvalue weighted by Crippen LogP contribution is 2.36. The van der Waals surface area contributed by atoms with Crippen LogP contribution in [0.2, 0.25) is 0 Å². The minimum absolute atomic E-state index is 0.439. The van der Waals surface area contributed by atoms with Gasteiger partial charge in [0.1, 0.15) is 11.4 Å². The van der Waals surface area contributed by atoms with Crippen molar-refractivity contribution in [1.29, 1.82) is 0 Å². The Hall–Kier alpha value is -2.02. The number of aliphatic hydroxyl groups is 1. The van der Waals surface area contributed by atoms with Gasteiger partial charge in [-0.2, -0.15) is 0 Å².